The lowest BCUT2D eigenvalue weighted by atomic mass is 10.1. The molecule has 0 aromatic heterocycles. The van der Waals surface area contributed by atoms with Crippen LogP contribution in [-0.4, -0.2) is 0 Å². The third kappa shape index (κ3) is 2.10. The van der Waals surface area contributed by atoms with Gasteiger partial charge in [-0.05, 0) is 12.5 Å². The summed E-state index contributed by atoms with van der Waals surface area (Å²) in [6.07, 6.45) is 2.57. The first-order chi connectivity index (χ1) is 5.88. The van der Waals surface area contributed by atoms with Crippen LogP contribution in [0.4, 0.5) is 0 Å². The quantitative estimate of drug-likeness (QED) is 0.385. The first-order valence-corrected chi connectivity index (χ1v) is 3.66. The minimum Gasteiger partial charge on any atom is -0.337 e. The molecule has 0 saturated carbocycles. The Hall–Kier alpha value is -1.28. The first kappa shape index (κ1) is 8.81. The Kier molecular flexibility index (Phi) is 3.35. The van der Waals surface area contributed by atoms with Crippen molar-refractivity contribution in [3.05, 3.63) is 49.6 Å². The van der Waals surface area contributed by atoms with Crippen LogP contribution in [0.25, 0.3) is 0 Å². The van der Waals surface area contributed by atoms with Crippen LogP contribution in [0, 0.1) is 7.11 Å². The molecule has 1 radical (unpaired) electrons. The van der Waals surface area contributed by atoms with E-state index in [2.05, 4.69) is 18.6 Å². The van der Waals surface area contributed by atoms with Crippen molar-refractivity contribution < 1.29 is 9.78 Å². The second kappa shape index (κ2) is 4.57. The molecule has 0 atom stereocenters. The van der Waals surface area contributed by atoms with Crippen LogP contribution >= 0.6 is 0 Å². The van der Waals surface area contributed by atoms with Gasteiger partial charge in [-0.3, -0.25) is 0 Å². The lowest BCUT2D eigenvalue weighted by molar-refractivity contribution is -0.154. The molecule has 1 aromatic rings. The molecule has 0 amide bonds. The molecule has 2 nitrogen and oxygen atoms in total. The number of allylic oxidation sites excluding steroid dienone is 1. The van der Waals surface area contributed by atoms with Gasteiger partial charge < -0.3 is 4.89 Å². The van der Waals surface area contributed by atoms with Crippen LogP contribution in [0.15, 0.2) is 36.9 Å². The van der Waals surface area contributed by atoms with E-state index in [9.17, 15) is 0 Å². The molecular formula is C10H11O2. The molecule has 63 valence electrons. The molecule has 0 aliphatic rings. The zero-order chi connectivity index (χ0) is 8.81. The molecule has 0 aliphatic carbocycles. The zero-order valence-electron chi connectivity index (χ0n) is 6.82. The van der Waals surface area contributed by atoms with Gasteiger partial charge in [0.25, 0.3) is 0 Å². The average molecular weight is 163 g/mol. The Morgan fingerprint density at radius 1 is 1.33 bits per heavy atom. The Labute approximate surface area is 72.4 Å². The summed E-state index contributed by atoms with van der Waals surface area (Å²) in [5, 5.41) is 0. The van der Waals surface area contributed by atoms with Crippen molar-refractivity contribution in [2.45, 2.75) is 6.42 Å². The summed E-state index contributed by atoms with van der Waals surface area (Å²) >= 11 is 0. The van der Waals surface area contributed by atoms with Gasteiger partial charge in [0.2, 0.25) is 0 Å². The summed E-state index contributed by atoms with van der Waals surface area (Å²) < 4.78 is 0. The van der Waals surface area contributed by atoms with Crippen molar-refractivity contribution in [2.75, 3.05) is 0 Å². The number of benzene rings is 1. The van der Waals surface area contributed by atoms with Crippen LogP contribution in [-0.2, 0) is 11.3 Å². The molecule has 0 heterocycles. The fourth-order valence-corrected chi connectivity index (χ4v) is 0.973. The fourth-order valence-electron chi connectivity index (χ4n) is 0.973. The molecule has 12 heavy (non-hydrogen) atoms. The van der Waals surface area contributed by atoms with Gasteiger partial charge in [-0.2, -0.15) is 4.89 Å². The zero-order valence-corrected chi connectivity index (χ0v) is 6.82. The van der Waals surface area contributed by atoms with Crippen LogP contribution in [0.3, 0.4) is 0 Å². The predicted molar refractivity (Wildman–Crippen MR) is 47.4 cm³/mol. The summed E-state index contributed by atoms with van der Waals surface area (Å²) in [7, 11) is 3.13. The summed E-state index contributed by atoms with van der Waals surface area (Å²) in [4.78, 5) is 9.16. The highest BCUT2D eigenvalue weighted by molar-refractivity contribution is 5.34. The predicted octanol–water partition coefficient (Wildman–Crippen LogP) is 2.52. The van der Waals surface area contributed by atoms with E-state index >= 15 is 0 Å². The smallest absolute Gasteiger partial charge is 0.168 e. The molecule has 1 rings (SSSR count). The Morgan fingerprint density at radius 2 is 2.08 bits per heavy atom. The highest BCUT2D eigenvalue weighted by Gasteiger charge is 1.99. The third-order valence-corrected chi connectivity index (χ3v) is 1.49. The van der Waals surface area contributed by atoms with Crippen molar-refractivity contribution in [3.63, 3.8) is 0 Å². The third-order valence-electron chi connectivity index (χ3n) is 1.49. The first-order valence-electron chi connectivity index (χ1n) is 3.66. The molecule has 0 fully saturated rings. The fraction of sp³-hybridized carbons (Fsp3) is 0.100. The van der Waals surface area contributed by atoms with E-state index in [1.54, 1.807) is 0 Å². The Balaban J connectivity index is 2.83. The van der Waals surface area contributed by atoms with Crippen molar-refractivity contribution >= 4 is 0 Å². The van der Waals surface area contributed by atoms with Gasteiger partial charge in [0.05, 0.1) is 0 Å². The van der Waals surface area contributed by atoms with Crippen molar-refractivity contribution in [3.8, 4) is 5.75 Å². The molecular weight excluding hydrogens is 152 g/mol. The van der Waals surface area contributed by atoms with Gasteiger partial charge in [0.15, 0.2) is 5.75 Å². The van der Waals surface area contributed by atoms with E-state index in [4.69, 9.17) is 4.89 Å². The van der Waals surface area contributed by atoms with E-state index in [1.165, 1.54) is 0 Å². The van der Waals surface area contributed by atoms with Gasteiger partial charge >= 0.3 is 0 Å². The number of para-hydroxylation sites is 1. The lowest BCUT2D eigenvalue weighted by Gasteiger charge is -2.04. The molecule has 0 spiro atoms. The molecule has 0 bridgehead atoms. The van der Waals surface area contributed by atoms with Crippen molar-refractivity contribution in [1.82, 2.24) is 0 Å². The largest absolute Gasteiger partial charge is 0.337 e. The maximum absolute atomic E-state index is 4.83. The molecule has 0 N–H and O–H groups in total. The van der Waals surface area contributed by atoms with Crippen LogP contribution in [0.2, 0.25) is 0 Å². The Morgan fingerprint density at radius 3 is 2.75 bits per heavy atom. The molecule has 2 heteroatoms. The number of hydrogen-bond donors (Lipinski definition) is 0. The van der Waals surface area contributed by atoms with E-state index < -0.39 is 0 Å². The summed E-state index contributed by atoms with van der Waals surface area (Å²) in [6, 6.07) is 7.59. The van der Waals surface area contributed by atoms with E-state index in [0.29, 0.717) is 5.75 Å². The van der Waals surface area contributed by atoms with Gasteiger partial charge in [-0.1, -0.05) is 24.3 Å². The standard InChI is InChI=1S/C10H11O2/c1-3-6-9-7-4-5-8-10(9)12-11-2/h3-5,7-8H,1-2,6H2. The molecule has 1 aromatic carbocycles. The van der Waals surface area contributed by atoms with E-state index in [-0.39, 0.29) is 0 Å². The summed E-state index contributed by atoms with van der Waals surface area (Å²) in [5.74, 6) is 0.687. The maximum atomic E-state index is 4.83. The van der Waals surface area contributed by atoms with Gasteiger partial charge in [-0.25, -0.2) is 0 Å². The van der Waals surface area contributed by atoms with Crippen molar-refractivity contribution in [1.29, 1.82) is 0 Å². The highest BCUT2D eigenvalue weighted by Crippen LogP contribution is 2.18. The van der Waals surface area contributed by atoms with Crippen LogP contribution in [0.1, 0.15) is 5.56 Å². The second-order valence-electron chi connectivity index (χ2n) is 2.30. The van der Waals surface area contributed by atoms with Crippen LogP contribution in [0.5, 0.6) is 5.75 Å². The van der Waals surface area contributed by atoms with Crippen LogP contribution < -0.4 is 4.89 Å². The Bertz CT molecular complexity index is 256. The normalized spacial score (nSPS) is 9.42. The monoisotopic (exact) mass is 163 g/mol. The molecule has 0 unspecified atom stereocenters. The van der Waals surface area contributed by atoms with E-state index in [1.807, 2.05) is 30.3 Å². The molecule has 0 saturated heterocycles. The van der Waals surface area contributed by atoms with Crippen molar-refractivity contribution in [2.24, 2.45) is 0 Å². The topological polar surface area (TPSA) is 18.5 Å². The van der Waals surface area contributed by atoms with Gasteiger partial charge in [-0.15, -0.1) is 6.58 Å². The second-order valence-corrected chi connectivity index (χ2v) is 2.30. The minimum atomic E-state index is 0.687. The average Bonchev–Trinajstić information content (AvgIpc) is 2.09. The molecule has 0 aliphatic heterocycles. The summed E-state index contributed by atoms with van der Waals surface area (Å²) in [5.41, 5.74) is 1.04. The summed E-state index contributed by atoms with van der Waals surface area (Å²) in [6.45, 7) is 3.65. The minimum absolute atomic E-state index is 0.687. The van der Waals surface area contributed by atoms with Gasteiger partial charge in [0.1, 0.15) is 7.11 Å². The number of rotatable bonds is 4. The highest BCUT2D eigenvalue weighted by atomic mass is 17.2. The van der Waals surface area contributed by atoms with E-state index in [0.717, 1.165) is 12.0 Å². The maximum Gasteiger partial charge on any atom is 0.168 e. The lowest BCUT2D eigenvalue weighted by Crippen LogP contribution is -1.93. The SMILES string of the molecule is [CH2]OOc1ccccc1CC=C. The number of hydrogen-bond acceptors (Lipinski definition) is 2. The van der Waals surface area contributed by atoms with Gasteiger partial charge in [0, 0.05) is 5.56 Å².